The Kier molecular flexibility index (Phi) is 11.5. The molecule has 1 atom stereocenters. The van der Waals surface area contributed by atoms with Crippen molar-refractivity contribution in [2.45, 2.75) is 58.2 Å². The van der Waals surface area contributed by atoms with Crippen LogP contribution in [0.25, 0.3) is 11.2 Å². The molecule has 1 unspecified atom stereocenters. The van der Waals surface area contributed by atoms with E-state index in [9.17, 15) is 24.6 Å². The van der Waals surface area contributed by atoms with E-state index in [-0.39, 0.29) is 42.5 Å². The van der Waals surface area contributed by atoms with Crippen LogP contribution in [-0.4, -0.2) is 66.8 Å². The average Bonchev–Trinajstić information content (AvgIpc) is 3.35. The van der Waals surface area contributed by atoms with E-state index < -0.39 is 24.0 Å². The summed E-state index contributed by atoms with van der Waals surface area (Å²) in [5, 5.41) is 28.4. The van der Waals surface area contributed by atoms with E-state index in [1.807, 2.05) is 30.3 Å². The number of nitrogens with zero attached hydrogens (tertiary/aromatic N) is 4. The lowest BCUT2D eigenvalue weighted by Crippen LogP contribution is -2.40. The van der Waals surface area contributed by atoms with Crippen molar-refractivity contribution in [3.05, 3.63) is 71.3 Å². The van der Waals surface area contributed by atoms with Gasteiger partial charge in [0.05, 0.1) is 6.54 Å². The summed E-state index contributed by atoms with van der Waals surface area (Å²) in [6, 6.07) is 14.5. The van der Waals surface area contributed by atoms with Crippen LogP contribution < -0.4 is 21.7 Å². The van der Waals surface area contributed by atoms with Crippen LogP contribution >= 0.6 is 0 Å². The normalized spacial score (nSPS) is 11.6. The summed E-state index contributed by atoms with van der Waals surface area (Å²) in [4.78, 5) is 49.3. The molecule has 0 aliphatic rings. The fraction of sp³-hybridized carbons (Fsp3) is 0.355. The lowest BCUT2D eigenvalue weighted by Gasteiger charge is -2.15. The van der Waals surface area contributed by atoms with Gasteiger partial charge in [0.15, 0.2) is 17.0 Å². The van der Waals surface area contributed by atoms with Gasteiger partial charge in [-0.25, -0.2) is 9.59 Å². The van der Waals surface area contributed by atoms with Crippen molar-refractivity contribution in [3.63, 3.8) is 0 Å². The number of ether oxygens (including phenoxy) is 1. The highest BCUT2D eigenvalue weighted by molar-refractivity contribution is 5.96. The molecule has 4 aromatic rings. The first-order valence-electron chi connectivity index (χ1n) is 14.8. The van der Waals surface area contributed by atoms with Gasteiger partial charge in [-0.3, -0.25) is 9.36 Å². The zero-order valence-corrected chi connectivity index (χ0v) is 25.0. The predicted octanol–water partition coefficient (Wildman–Crippen LogP) is 3.65. The van der Waals surface area contributed by atoms with Crippen molar-refractivity contribution in [2.75, 3.05) is 24.1 Å². The zero-order valence-electron chi connectivity index (χ0n) is 25.0. The lowest BCUT2D eigenvalue weighted by molar-refractivity contribution is -0.139. The average molecular weight is 619 g/mol. The number of carbonyl (C=O) groups excluding carboxylic acids is 2. The van der Waals surface area contributed by atoms with Crippen LogP contribution in [0.1, 0.15) is 60.5 Å². The Morgan fingerprint density at radius 2 is 1.71 bits per heavy atom. The minimum atomic E-state index is -1.15. The van der Waals surface area contributed by atoms with Gasteiger partial charge in [0.2, 0.25) is 5.95 Å². The van der Waals surface area contributed by atoms with Gasteiger partial charge >= 0.3 is 12.1 Å². The van der Waals surface area contributed by atoms with Gasteiger partial charge in [0.25, 0.3) is 11.9 Å². The third-order valence-corrected chi connectivity index (χ3v) is 6.98. The Morgan fingerprint density at radius 1 is 0.956 bits per heavy atom. The number of carboxylic acids is 1. The Morgan fingerprint density at radius 3 is 2.42 bits per heavy atom. The maximum absolute atomic E-state index is 12.8. The Bertz CT molecular complexity index is 1590. The number of imidazole rings is 1. The second kappa shape index (κ2) is 15.9. The Hall–Kier alpha value is -5.40. The van der Waals surface area contributed by atoms with Crippen LogP contribution in [0, 0.1) is 0 Å². The molecule has 0 bridgehead atoms. The molecule has 0 aliphatic heterocycles. The number of hydrogen-bond donors (Lipinski definition) is 6. The molecule has 4 rings (SSSR count). The van der Waals surface area contributed by atoms with Crippen LogP contribution in [0.2, 0.25) is 0 Å². The number of aromatic hydroxyl groups is 1. The molecule has 0 spiro atoms. The van der Waals surface area contributed by atoms with Crippen LogP contribution in [0.5, 0.6) is 6.01 Å². The second-order valence-corrected chi connectivity index (χ2v) is 10.4. The van der Waals surface area contributed by atoms with E-state index in [1.165, 1.54) is 4.57 Å². The van der Waals surface area contributed by atoms with Crippen LogP contribution in [-0.2, 0) is 22.7 Å². The third-order valence-electron chi connectivity index (χ3n) is 6.98. The summed E-state index contributed by atoms with van der Waals surface area (Å²) < 4.78 is 6.64. The molecule has 2 aromatic heterocycles. The first kappa shape index (κ1) is 32.5. The molecule has 238 valence electrons. The van der Waals surface area contributed by atoms with Gasteiger partial charge in [-0.15, -0.1) is 0 Å². The number of anilines is 2. The molecule has 2 aromatic carbocycles. The van der Waals surface area contributed by atoms with E-state index in [0.29, 0.717) is 37.5 Å². The SMILES string of the molecule is CCCCNc1nc(N)c2nc(O)n(Cc3ccc(C(=O)NC(CCCCNC(=O)OCc4ccccc4)C(=O)O)cc3)c2n1. The predicted molar refractivity (Wildman–Crippen MR) is 168 cm³/mol. The van der Waals surface area contributed by atoms with Gasteiger partial charge in [-0.1, -0.05) is 55.8 Å². The molecule has 7 N–H and O–H groups in total. The largest absolute Gasteiger partial charge is 0.480 e. The molecular formula is C31H38N8O6. The number of alkyl carbamates (subject to hydrolysis) is 1. The Balaban J connectivity index is 1.27. The quantitative estimate of drug-likeness (QED) is 0.0999. The van der Waals surface area contributed by atoms with Crippen molar-refractivity contribution in [2.24, 2.45) is 0 Å². The van der Waals surface area contributed by atoms with E-state index in [0.717, 1.165) is 24.0 Å². The second-order valence-electron chi connectivity index (χ2n) is 10.4. The van der Waals surface area contributed by atoms with Gasteiger partial charge in [-0.2, -0.15) is 15.0 Å². The van der Waals surface area contributed by atoms with Gasteiger partial charge in [0.1, 0.15) is 12.6 Å². The molecule has 45 heavy (non-hydrogen) atoms. The van der Waals surface area contributed by atoms with E-state index in [4.69, 9.17) is 10.5 Å². The molecule has 14 heteroatoms. The van der Waals surface area contributed by atoms with Crippen molar-refractivity contribution < 1.29 is 29.3 Å². The minimum absolute atomic E-state index is 0.144. The molecular weight excluding hydrogens is 580 g/mol. The summed E-state index contributed by atoms with van der Waals surface area (Å²) in [7, 11) is 0. The number of amides is 2. The van der Waals surface area contributed by atoms with Crippen molar-refractivity contribution in [1.82, 2.24) is 30.2 Å². The number of benzene rings is 2. The van der Waals surface area contributed by atoms with Crippen LogP contribution in [0.3, 0.4) is 0 Å². The highest BCUT2D eigenvalue weighted by atomic mass is 16.5. The Labute approximate surface area is 260 Å². The van der Waals surface area contributed by atoms with Crippen molar-refractivity contribution in [3.8, 4) is 6.01 Å². The molecule has 0 radical (unpaired) electrons. The molecule has 2 amide bonds. The monoisotopic (exact) mass is 618 g/mol. The number of aromatic nitrogens is 4. The lowest BCUT2D eigenvalue weighted by atomic mass is 10.1. The fourth-order valence-electron chi connectivity index (χ4n) is 4.49. The summed E-state index contributed by atoms with van der Waals surface area (Å²) >= 11 is 0. The smallest absolute Gasteiger partial charge is 0.407 e. The van der Waals surface area contributed by atoms with Crippen LogP contribution in [0.4, 0.5) is 16.6 Å². The van der Waals surface area contributed by atoms with Crippen LogP contribution in [0.15, 0.2) is 54.6 Å². The van der Waals surface area contributed by atoms with Crippen molar-refractivity contribution in [1.29, 1.82) is 0 Å². The number of nitrogen functional groups attached to an aromatic ring is 1. The van der Waals surface area contributed by atoms with Gasteiger partial charge < -0.3 is 36.6 Å². The molecule has 0 aliphatic carbocycles. The van der Waals surface area contributed by atoms with Crippen molar-refractivity contribution >= 4 is 40.9 Å². The number of unbranched alkanes of at least 4 members (excludes halogenated alkanes) is 2. The molecule has 2 heterocycles. The number of aliphatic carboxylic acids is 1. The summed E-state index contributed by atoms with van der Waals surface area (Å²) in [6.07, 6.45) is 2.54. The number of carboxylic acid groups (broad SMARTS) is 1. The topological polar surface area (TPSA) is 207 Å². The number of nitrogens with two attached hydrogens (primary N) is 1. The fourth-order valence-corrected chi connectivity index (χ4v) is 4.49. The molecule has 14 nitrogen and oxygen atoms in total. The van der Waals surface area contributed by atoms with Gasteiger partial charge in [-0.05, 0) is 48.9 Å². The zero-order chi connectivity index (χ0) is 32.2. The molecule has 0 saturated carbocycles. The van der Waals surface area contributed by atoms with Gasteiger partial charge in [0, 0.05) is 18.7 Å². The van der Waals surface area contributed by atoms with E-state index in [1.54, 1.807) is 24.3 Å². The summed E-state index contributed by atoms with van der Waals surface area (Å²) in [5.41, 5.74) is 8.59. The summed E-state index contributed by atoms with van der Waals surface area (Å²) in [5.74, 6) is -1.20. The summed E-state index contributed by atoms with van der Waals surface area (Å²) in [6.45, 7) is 3.42. The van der Waals surface area contributed by atoms with E-state index in [2.05, 4.69) is 37.8 Å². The maximum Gasteiger partial charge on any atom is 0.407 e. The maximum atomic E-state index is 12.8. The first-order chi connectivity index (χ1) is 21.7. The first-order valence-corrected chi connectivity index (χ1v) is 14.8. The minimum Gasteiger partial charge on any atom is -0.480 e. The number of rotatable bonds is 16. The number of fused-ring (bicyclic) bond motifs is 1. The molecule has 0 fully saturated rings. The standard InChI is InChI=1S/C31H38N8O6/c1-2-3-16-33-29-37-25(32)24-26(38-29)39(30(43)36-24)18-20-12-14-22(15-13-20)27(40)35-23(28(41)42)11-7-8-17-34-31(44)45-19-21-9-5-4-6-10-21/h4-6,9-10,12-15,23H,2-3,7-8,11,16-19H2,1H3,(H,34,44)(H,35,40)(H,36,43)(H,41,42)(H3,32,33,37,38). The number of hydrogen-bond acceptors (Lipinski definition) is 10. The third kappa shape index (κ3) is 9.29. The highest BCUT2D eigenvalue weighted by Gasteiger charge is 2.21. The van der Waals surface area contributed by atoms with E-state index >= 15 is 0 Å². The molecule has 0 saturated heterocycles. The number of carbonyl (C=O) groups is 3. The highest BCUT2D eigenvalue weighted by Crippen LogP contribution is 2.25. The number of nitrogens with one attached hydrogen (secondary N) is 3.